The molecule has 1 aromatic carbocycles. The molecule has 0 amide bonds. The van der Waals surface area contributed by atoms with E-state index in [0.29, 0.717) is 23.9 Å². The summed E-state index contributed by atoms with van der Waals surface area (Å²) in [5.74, 6) is 1.20. The van der Waals surface area contributed by atoms with E-state index in [1.54, 1.807) is 43.7 Å². The lowest BCUT2D eigenvalue weighted by molar-refractivity contribution is 0.101. The van der Waals surface area contributed by atoms with E-state index in [-0.39, 0.29) is 5.78 Å². The Morgan fingerprint density at radius 1 is 1.08 bits per heavy atom. The number of rotatable bonds is 6. The zero-order chi connectivity index (χ0) is 16.8. The normalized spacial score (nSPS) is 10.2. The first kappa shape index (κ1) is 15.6. The van der Waals surface area contributed by atoms with Gasteiger partial charge in [-0.2, -0.15) is 4.98 Å². The van der Waals surface area contributed by atoms with Gasteiger partial charge in [-0.1, -0.05) is 12.1 Å². The molecule has 24 heavy (non-hydrogen) atoms. The van der Waals surface area contributed by atoms with E-state index in [4.69, 9.17) is 0 Å². The van der Waals surface area contributed by atoms with E-state index in [1.165, 1.54) is 0 Å². The summed E-state index contributed by atoms with van der Waals surface area (Å²) in [6.45, 7) is 2.19. The monoisotopic (exact) mass is 319 g/mol. The molecule has 0 atom stereocenters. The van der Waals surface area contributed by atoms with Gasteiger partial charge < -0.3 is 10.6 Å². The lowest BCUT2D eigenvalue weighted by Crippen LogP contribution is -2.04. The molecule has 120 valence electrons. The van der Waals surface area contributed by atoms with Crippen molar-refractivity contribution in [2.45, 2.75) is 13.5 Å². The largest absolute Gasteiger partial charge is 0.366 e. The van der Waals surface area contributed by atoms with Crippen LogP contribution in [0.1, 0.15) is 22.8 Å². The number of pyridine rings is 1. The summed E-state index contributed by atoms with van der Waals surface area (Å²) in [6, 6.07) is 12.9. The molecule has 0 aliphatic carbocycles. The van der Waals surface area contributed by atoms with Gasteiger partial charge in [-0.25, -0.2) is 4.98 Å². The fourth-order valence-electron chi connectivity index (χ4n) is 2.16. The highest BCUT2D eigenvalue weighted by molar-refractivity contribution is 5.95. The molecule has 2 heterocycles. The molecule has 0 saturated heterocycles. The maximum atomic E-state index is 11.5. The van der Waals surface area contributed by atoms with Crippen molar-refractivity contribution in [3.63, 3.8) is 0 Å². The van der Waals surface area contributed by atoms with Gasteiger partial charge in [-0.05, 0) is 42.8 Å². The minimum Gasteiger partial charge on any atom is -0.366 e. The summed E-state index contributed by atoms with van der Waals surface area (Å²) in [7, 11) is 0. The Labute approximate surface area is 140 Å². The molecule has 2 aromatic heterocycles. The second-order valence-electron chi connectivity index (χ2n) is 5.24. The van der Waals surface area contributed by atoms with Crippen LogP contribution in [0, 0.1) is 0 Å². The number of carbonyl (C=O) groups is 1. The number of nitrogens with zero attached hydrogens (tertiary/aromatic N) is 3. The summed E-state index contributed by atoms with van der Waals surface area (Å²) >= 11 is 0. The van der Waals surface area contributed by atoms with Crippen LogP contribution in [0.3, 0.4) is 0 Å². The van der Waals surface area contributed by atoms with Crippen molar-refractivity contribution in [3.8, 4) is 0 Å². The van der Waals surface area contributed by atoms with Gasteiger partial charge in [-0.3, -0.25) is 9.78 Å². The summed E-state index contributed by atoms with van der Waals surface area (Å²) in [4.78, 5) is 24.1. The van der Waals surface area contributed by atoms with Crippen LogP contribution in [0.15, 0.2) is 61.1 Å². The second kappa shape index (κ2) is 7.32. The summed E-state index contributed by atoms with van der Waals surface area (Å²) < 4.78 is 0. The molecule has 0 radical (unpaired) electrons. The Bertz CT molecular complexity index is 836. The van der Waals surface area contributed by atoms with Crippen molar-refractivity contribution in [3.05, 3.63) is 72.2 Å². The van der Waals surface area contributed by atoms with Crippen LogP contribution >= 0.6 is 0 Å². The predicted octanol–water partition coefficient (Wildman–Crippen LogP) is 3.43. The van der Waals surface area contributed by atoms with Gasteiger partial charge in [0.2, 0.25) is 5.95 Å². The molecule has 3 aromatic rings. The van der Waals surface area contributed by atoms with Crippen LogP contribution < -0.4 is 10.6 Å². The minimum atomic E-state index is 0.0207. The Hall–Kier alpha value is -3.28. The van der Waals surface area contributed by atoms with Crippen molar-refractivity contribution >= 4 is 23.2 Å². The van der Waals surface area contributed by atoms with Crippen LogP contribution in [0.2, 0.25) is 0 Å². The van der Waals surface area contributed by atoms with E-state index in [9.17, 15) is 4.79 Å². The summed E-state index contributed by atoms with van der Waals surface area (Å²) in [5, 5.41) is 6.36. The fraction of sp³-hybridized carbons (Fsp3) is 0.111. The minimum absolute atomic E-state index is 0.0207. The van der Waals surface area contributed by atoms with Gasteiger partial charge in [0, 0.05) is 36.4 Å². The zero-order valence-electron chi connectivity index (χ0n) is 13.2. The molecular weight excluding hydrogens is 302 g/mol. The summed E-state index contributed by atoms with van der Waals surface area (Å²) in [5.41, 5.74) is 2.54. The van der Waals surface area contributed by atoms with Crippen molar-refractivity contribution in [1.29, 1.82) is 0 Å². The van der Waals surface area contributed by atoms with Crippen LogP contribution in [-0.4, -0.2) is 20.7 Å². The molecule has 6 heteroatoms. The second-order valence-corrected chi connectivity index (χ2v) is 5.24. The molecule has 0 bridgehead atoms. The van der Waals surface area contributed by atoms with E-state index in [0.717, 1.165) is 11.3 Å². The quantitative estimate of drug-likeness (QED) is 0.678. The molecule has 0 fully saturated rings. The fourth-order valence-corrected chi connectivity index (χ4v) is 2.16. The molecular formula is C18H17N5O. The van der Waals surface area contributed by atoms with E-state index >= 15 is 0 Å². The first-order valence-corrected chi connectivity index (χ1v) is 7.54. The molecule has 0 spiro atoms. The predicted molar refractivity (Wildman–Crippen MR) is 93.3 cm³/mol. The molecule has 0 saturated carbocycles. The highest BCUT2D eigenvalue weighted by Crippen LogP contribution is 2.16. The Morgan fingerprint density at radius 3 is 2.71 bits per heavy atom. The first-order valence-electron chi connectivity index (χ1n) is 7.54. The lowest BCUT2D eigenvalue weighted by atomic mass is 10.1. The molecule has 0 aliphatic heterocycles. The number of carbonyl (C=O) groups excluding carboxylic acids is 1. The maximum absolute atomic E-state index is 11.5. The third kappa shape index (κ3) is 4.13. The number of benzene rings is 1. The number of hydrogen-bond acceptors (Lipinski definition) is 6. The third-order valence-electron chi connectivity index (χ3n) is 3.40. The van der Waals surface area contributed by atoms with Crippen molar-refractivity contribution in [2.24, 2.45) is 0 Å². The number of Topliss-reactive ketones (excluding diaryl/α,β-unsaturated/α-hetero) is 1. The van der Waals surface area contributed by atoms with Gasteiger partial charge in [0.15, 0.2) is 5.78 Å². The van der Waals surface area contributed by atoms with E-state index in [1.807, 2.05) is 24.3 Å². The van der Waals surface area contributed by atoms with Crippen LogP contribution in [0.4, 0.5) is 17.5 Å². The molecule has 2 N–H and O–H groups in total. The van der Waals surface area contributed by atoms with Crippen molar-refractivity contribution < 1.29 is 4.79 Å². The Balaban J connectivity index is 1.69. The highest BCUT2D eigenvalue weighted by Gasteiger charge is 2.03. The highest BCUT2D eigenvalue weighted by atomic mass is 16.1. The zero-order valence-corrected chi connectivity index (χ0v) is 13.2. The van der Waals surface area contributed by atoms with Crippen molar-refractivity contribution in [2.75, 3.05) is 10.6 Å². The smallest absolute Gasteiger partial charge is 0.229 e. The molecule has 0 unspecified atom stereocenters. The van der Waals surface area contributed by atoms with Gasteiger partial charge in [-0.15, -0.1) is 0 Å². The molecule has 6 nitrogen and oxygen atoms in total. The van der Waals surface area contributed by atoms with Gasteiger partial charge in [0.05, 0.1) is 0 Å². The lowest BCUT2D eigenvalue weighted by Gasteiger charge is -2.09. The van der Waals surface area contributed by atoms with Crippen LogP contribution in [-0.2, 0) is 6.54 Å². The van der Waals surface area contributed by atoms with Crippen LogP contribution in [0.5, 0.6) is 0 Å². The number of hydrogen-bond donors (Lipinski definition) is 2. The average Bonchev–Trinajstić information content (AvgIpc) is 2.61. The number of ketones is 1. The van der Waals surface area contributed by atoms with Gasteiger partial charge >= 0.3 is 0 Å². The molecule has 0 aliphatic rings. The maximum Gasteiger partial charge on any atom is 0.229 e. The topological polar surface area (TPSA) is 79.8 Å². The Kier molecular flexibility index (Phi) is 4.76. The van der Waals surface area contributed by atoms with Gasteiger partial charge in [0.1, 0.15) is 5.82 Å². The average molecular weight is 319 g/mol. The van der Waals surface area contributed by atoms with Crippen LogP contribution in [0.25, 0.3) is 0 Å². The molecule has 3 rings (SSSR count). The summed E-state index contributed by atoms with van der Waals surface area (Å²) in [6.07, 6.45) is 5.19. The number of anilines is 3. The van der Waals surface area contributed by atoms with Crippen molar-refractivity contribution in [1.82, 2.24) is 15.0 Å². The standard InChI is InChI=1S/C18H17N5O/c1-13(24)15-3-2-4-16(11-15)22-18-20-10-7-17(23-18)21-12-14-5-8-19-9-6-14/h2-11H,12H2,1H3,(H2,20,21,22,23). The van der Waals surface area contributed by atoms with E-state index < -0.39 is 0 Å². The SMILES string of the molecule is CC(=O)c1cccc(Nc2nccc(NCc3ccncc3)n2)c1. The number of aromatic nitrogens is 3. The Morgan fingerprint density at radius 2 is 1.92 bits per heavy atom. The van der Waals surface area contributed by atoms with E-state index in [2.05, 4.69) is 25.6 Å². The third-order valence-corrected chi connectivity index (χ3v) is 3.40. The first-order chi connectivity index (χ1) is 11.7. The van der Waals surface area contributed by atoms with Gasteiger partial charge in [0.25, 0.3) is 0 Å². The number of nitrogens with one attached hydrogen (secondary N) is 2.